The molecule has 2 aromatic carbocycles. The van der Waals surface area contributed by atoms with Crippen molar-refractivity contribution in [2.45, 2.75) is 39.2 Å². The minimum absolute atomic E-state index is 0.133. The number of aromatic nitrogens is 2. The van der Waals surface area contributed by atoms with E-state index in [-0.39, 0.29) is 23.5 Å². The van der Waals surface area contributed by atoms with Crippen molar-refractivity contribution in [3.05, 3.63) is 65.4 Å². The molecule has 1 aliphatic rings. The molecular weight excluding hydrogens is 451 g/mol. The number of hydrogen-bond acceptors (Lipinski definition) is 6. The van der Waals surface area contributed by atoms with Gasteiger partial charge in [-0.25, -0.2) is 9.18 Å². The Morgan fingerprint density at radius 1 is 1.11 bits per heavy atom. The number of urea groups is 1. The number of carbonyl (C=O) groups excluding carboxylic acids is 1. The van der Waals surface area contributed by atoms with Gasteiger partial charge in [0.1, 0.15) is 5.75 Å². The van der Waals surface area contributed by atoms with Crippen molar-refractivity contribution >= 4 is 11.6 Å². The average molecular weight is 481 g/mol. The number of benzene rings is 2. The van der Waals surface area contributed by atoms with Crippen LogP contribution in [0.4, 0.5) is 9.18 Å². The molecule has 0 aliphatic carbocycles. The number of hydrogen-bond donors (Lipinski definition) is 1. The van der Waals surface area contributed by atoms with Gasteiger partial charge in [0.05, 0.1) is 25.8 Å². The van der Waals surface area contributed by atoms with Crippen LogP contribution in [0.2, 0.25) is 0 Å². The zero-order valence-electron chi connectivity index (χ0n) is 20.3. The van der Waals surface area contributed by atoms with E-state index in [1.807, 2.05) is 31.2 Å². The molecule has 35 heavy (non-hydrogen) atoms. The van der Waals surface area contributed by atoms with Crippen LogP contribution >= 0.6 is 0 Å². The Balaban J connectivity index is 1.75. The summed E-state index contributed by atoms with van der Waals surface area (Å²) in [6.45, 7) is 4.58. The Hall–Kier alpha value is -3.88. The second-order valence-corrected chi connectivity index (χ2v) is 8.29. The quantitative estimate of drug-likeness (QED) is 0.402. The van der Waals surface area contributed by atoms with Crippen LogP contribution in [0.1, 0.15) is 50.6 Å². The van der Waals surface area contributed by atoms with Gasteiger partial charge in [-0.05, 0) is 49.2 Å². The van der Waals surface area contributed by atoms with Gasteiger partial charge in [-0.2, -0.15) is 4.98 Å². The maximum absolute atomic E-state index is 14.3. The number of methoxy groups -OCH3 is 2. The first kappa shape index (κ1) is 24.3. The van der Waals surface area contributed by atoms with Crippen LogP contribution in [-0.4, -0.2) is 41.8 Å². The second-order valence-electron chi connectivity index (χ2n) is 8.29. The average Bonchev–Trinajstić information content (AvgIpc) is 3.35. The number of unbranched alkanes of at least 4 members (excludes halogenated alkanes) is 2. The molecule has 1 aromatic heterocycles. The first-order valence-electron chi connectivity index (χ1n) is 11.6. The predicted octanol–water partition coefficient (Wildman–Crippen LogP) is 5.58. The largest absolute Gasteiger partial charge is 0.497 e. The molecule has 0 radical (unpaired) electrons. The minimum Gasteiger partial charge on any atom is -0.497 e. The van der Waals surface area contributed by atoms with Crippen LogP contribution < -0.4 is 14.8 Å². The summed E-state index contributed by atoms with van der Waals surface area (Å²) in [7, 11) is 3.01. The Kier molecular flexibility index (Phi) is 7.33. The summed E-state index contributed by atoms with van der Waals surface area (Å²) in [6, 6.07) is 11.2. The van der Waals surface area contributed by atoms with Gasteiger partial charge >= 0.3 is 6.03 Å². The fourth-order valence-corrected chi connectivity index (χ4v) is 4.15. The summed E-state index contributed by atoms with van der Waals surface area (Å²) in [6.07, 6.45) is 2.94. The normalized spacial score (nSPS) is 15.9. The summed E-state index contributed by atoms with van der Waals surface area (Å²) in [5, 5.41) is 7.17. The van der Waals surface area contributed by atoms with Gasteiger partial charge in [0.2, 0.25) is 5.82 Å². The lowest BCUT2D eigenvalue weighted by atomic mass is 9.94. The minimum atomic E-state index is -0.519. The molecular formula is C26H29FN4O4. The maximum Gasteiger partial charge on any atom is 0.322 e. The van der Waals surface area contributed by atoms with Crippen molar-refractivity contribution in [2.75, 3.05) is 20.8 Å². The molecule has 1 atom stereocenters. The molecule has 2 heterocycles. The highest BCUT2D eigenvalue weighted by Crippen LogP contribution is 2.38. The highest BCUT2D eigenvalue weighted by Gasteiger charge is 2.35. The van der Waals surface area contributed by atoms with Gasteiger partial charge in [-0.1, -0.05) is 37.1 Å². The van der Waals surface area contributed by atoms with E-state index in [2.05, 4.69) is 22.4 Å². The Morgan fingerprint density at radius 2 is 1.89 bits per heavy atom. The smallest absolute Gasteiger partial charge is 0.322 e. The van der Waals surface area contributed by atoms with Gasteiger partial charge in [0.15, 0.2) is 11.6 Å². The van der Waals surface area contributed by atoms with E-state index < -0.39 is 11.9 Å². The van der Waals surface area contributed by atoms with Crippen LogP contribution in [0, 0.1) is 5.82 Å². The predicted molar refractivity (Wildman–Crippen MR) is 129 cm³/mol. The van der Waals surface area contributed by atoms with Gasteiger partial charge in [0.25, 0.3) is 5.89 Å². The number of carbonyl (C=O) groups is 1. The summed E-state index contributed by atoms with van der Waals surface area (Å²) in [4.78, 5) is 19.3. The number of rotatable bonds is 9. The van der Waals surface area contributed by atoms with Gasteiger partial charge < -0.3 is 19.3 Å². The van der Waals surface area contributed by atoms with Gasteiger partial charge in [-0.15, -0.1) is 0 Å². The van der Waals surface area contributed by atoms with E-state index in [9.17, 15) is 9.18 Å². The molecule has 9 heteroatoms. The zero-order chi connectivity index (χ0) is 24.9. The second kappa shape index (κ2) is 10.6. The van der Waals surface area contributed by atoms with Crippen molar-refractivity contribution in [1.82, 2.24) is 20.4 Å². The third kappa shape index (κ3) is 4.99. The Bertz CT molecular complexity index is 1220. The number of nitrogens with one attached hydrogen (secondary N) is 1. The third-order valence-electron chi connectivity index (χ3n) is 6.10. The van der Waals surface area contributed by atoms with Crippen molar-refractivity contribution in [2.24, 2.45) is 0 Å². The van der Waals surface area contributed by atoms with Crippen LogP contribution in [0.5, 0.6) is 11.5 Å². The third-order valence-corrected chi connectivity index (χ3v) is 6.10. The molecule has 1 N–H and O–H groups in total. The lowest BCUT2D eigenvalue weighted by molar-refractivity contribution is 0.204. The monoisotopic (exact) mass is 480 g/mol. The molecule has 2 amide bonds. The fraction of sp³-hybridized carbons (Fsp3) is 0.346. The number of amides is 2. The van der Waals surface area contributed by atoms with Gasteiger partial charge in [0, 0.05) is 17.8 Å². The molecule has 0 saturated heterocycles. The van der Waals surface area contributed by atoms with E-state index >= 15 is 0 Å². The van der Waals surface area contributed by atoms with Crippen molar-refractivity contribution in [3.8, 4) is 22.9 Å². The number of allylic oxidation sites excluding steroid dienone is 1. The summed E-state index contributed by atoms with van der Waals surface area (Å²) in [5.74, 6) is 0.823. The molecule has 8 nitrogen and oxygen atoms in total. The first-order chi connectivity index (χ1) is 17.0. The summed E-state index contributed by atoms with van der Waals surface area (Å²) < 4.78 is 30.2. The lowest BCUT2D eigenvalue weighted by Gasteiger charge is -2.35. The highest BCUT2D eigenvalue weighted by molar-refractivity contribution is 5.86. The van der Waals surface area contributed by atoms with E-state index in [1.54, 1.807) is 18.1 Å². The molecule has 1 unspecified atom stereocenters. The van der Waals surface area contributed by atoms with Crippen LogP contribution in [-0.2, 0) is 0 Å². The van der Waals surface area contributed by atoms with Crippen LogP contribution in [0.15, 0.2) is 52.7 Å². The topological polar surface area (TPSA) is 89.7 Å². The standard InChI is InChI=1S/C26H29FN4O4/c1-5-6-7-14-31-16(2)22(23(28-26(31)32)17-8-11-19(33-3)12-9-17)25-29-24(30-35-25)18-10-13-21(34-4)20(27)15-18/h8-13,15,23H,5-7,14H2,1-4H3,(H,28,32). The van der Waals surface area contributed by atoms with E-state index in [4.69, 9.17) is 14.0 Å². The molecule has 184 valence electrons. The molecule has 0 spiro atoms. The van der Waals surface area contributed by atoms with Crippen LogP contribution in [0.25, 0.3) is 17.0 Å². The molecule has 4 rings (SSSR count). The molecule has 0 saturated carbocycles. The molecule has 0 fully saturated rings. The fourth-order valence-electron chi connectivity index (χ4n) is 4.15. The van der Waals surface area contributed by atoms with Gasteiger partial charge in [-0.3, -0.25) is 4.90 Å². The maximum atomic E-state index is 14.3. The Labute approximate surface area is 203 Å². The number of ether oxygens (including phenoxy) is 2. The highest BCUT2D eigenvalue weighted by atomic mass is 19.1. The zero-order valence-corrected chi connectivity index (χ0v) is 20.3. The summed E-state index contributed by atoms with van der Waals surface area (Å²) in [5.41, 5.74) is 2.73. The van der Waals surface area contributed by atoms with E-state index in [0.717, 1.165) is 30.5 Å². The number of halogens is 1. The molecule has 1 aliphatic heterocycles. The van der Waals surface area contributed by atoms with Crippen LogP contribution in [0.3, 0.4) is 0 Å². The van der Waals surface area contributed by atoms with Crippen molar-refractivity contribution < 1.29 is 23.2 Å². The molecule has 3 aromatic rings. The molecule has 0 bridgehead atoms. The van der Waals surface area contributed by atoms with E-state index in [1.165, 1.54) is 19.2 Å². The van der Waals surface area contributed by atoms with E-state index in [0.29, 0.717) is 23.4 Å². The Morgan fingerprint density at radius 3 is 2.54 bits per heavy atom. The summed E-state index contributed by atoms with van der Waals surface area (Å²) >= 11 is 0. The first-order valence-corrected chi connectivity index (χ1v) is 11.6. The number of nitrogens with zero attached hydrogens (tertiary/aromatic N) is 3. The van der Waals surface area contributed by atoms with Crippen molar-refractivity contribution in [3.63, 3.8) is 0 Å². The SMILES string of the molecule is CCCCCN1C(=O)NC(c2ccc(OC)cc2)C(c2nc(-c3ccc(OC)c(F)c3)no2)=C1C. The lowest BCUT2D eigenvalue weighted by Crippen LogP contribution is -2.46. The van der Waals surface area contributed by atoms with Crippen molar-refractivity contribution in [1.29, 1.82) is 0 Å².